The van der Waals surface area contributed by atoms with Gasteiger partial charge >= 0.3 is 6.18 Å². The second-order valence-corrected chi connectivity index (χ2v) is 6.34. The Balaban J connectivity index is 1.84. The number of nitrogens with one attached hydrogen (secondary N) is 1. The van der Waals surface area contributed by atoms with Crippen molar-refractivity contribution in [2.45, 2.75) is 38.5 Å². The van der Waals surface area contributed by atoms with Gasteiger partial charge in [-0.2, -0.15) is 13.2 Å². The summed E-state index contributed by atoms with van der Waals surface area (Å²) in [6.45, 7) is 2.64. The Kier molecular flexibility index (Phi) is 3.75. The molecule has 1 heterocycles. The van der Waals surface area contributed by atoms with E-state index in [1.165, 1.54) is 30.2 Å². The van der Waals surface area contributed by atoms with E-state index in [1.807, 2.05) is 6.92 Å². The maximum Gasteiger partial charge on any atom is 0.416 e. The molecule has 1 fully saturated rings. The standard InChI is InChI=1S/C15H15F3N2S/c1-9-13(8-19-12-5-6-12)21-14(20-9)10-3-2-4-11(7-10)15(16,17)18/h2-4,7,12,19H,5-6,8H2,1H3. The lowest BCUT2D eigenvalue weighted by Gasteiger charge is -2.07. The van der Waals surface area contributed by atoms with Crippen LogP contribution in [0.4, 0.5) is 13.2 Å². The molecule has 1 aliphatic carbocycles. The van der Waals surface area contributed by atoms with E-state index in [1.54, 1.807) is 6.07 Å². The quantitative estimate of drug-likeness (QED) is 0.905. The lowest BCUT2D eigenvalue weighted by atomic mass is 10.1. The van der Waals surface area contributed by atoms with E-state index in [0.717, 1.165) is 29.2 Å². The number of rotatable bonds is 4. The molecule has 0 saturated heterocycles. The van der Waals surface area contributed by atoms with Gasteiger partial charge in [0.1, 0.15) is 5.01 Å². The highest BCUT2D eigenvalue weighted by molar-refractivity contribution is 7.15. The Morgan fingerprint density at radius 3 is 2.76 bits per heavy atom. The lowest BCUT2D eigenvalue weighted by molar-refractivity contribution is -0.137. The largest absolute Gasteiger partial charge is 0.416 e. The van der Waals surface area contributed by atoms with Crippen LogP contribution < -0.4 is 5.32 Å². The number of nitrogens with zero attached hydrogens (tertiary/aromatic N) is 1. The molecule has 2 nitrogen and oxygen atoms in total. The summed E-state index contributed by atoms with van der Waals surface area (Å²) in [5, 5.41) is 4.05. The number of hydrogen-bond donors (Lipinski definition) is 1. The van der Waals surface area contributed by atoms with Crippen LogP contribution in [0.1, 0.15) is 29.0 Å². The van der Waals surface area contributed by atoms with E-state index in [9.17, 15) is 13.2 Å². The molecule has 0 spiro atoms. The van der Waals surface area contributed by atoms with E-state index in [2.05, 4.69) is 10.3 Å². The lowest BCUT2D eigenvalue weighted by Crippen LogP contribution is -2.14. The monoisotopic (exact) mass is 312 g/mol. The molecule has 21 heavy (non-hydrogen) atoms. The number of aryl methyl sites for hydroxylation is 1. The molecular weight excluding hydrogens is 297 g/mol. The van der Waals surface area contributed by atoms with Gasteiger partial charge in [0.15, 0.2) is 0 Å². The van der Waals surface area contributed by atoms with Crippen molar-refractivity contribution in [3.63, 3.8) is 0 Å². The van der Waals surface area contributed by atoms with Crippen LogP contribution in [0.5, 0.6) is 0 Å². The fourth-order valence-corrected chi connectivity index (χ4v) is 3.08. The Labute approximate surface area is 125 Å². The fraction of sp³-hybridized carbons (Fsp3) is 0.400. The van der Waals surface area contributed by atoms with E-state index in [4.69, 9.17) is 0 Å². The zero-order chi connectivity index (χ0) is 15.0. The molecule has 1 aliphatic rings. The van der Waals surface area contributed by atoms with Gasteiger partial charge in [-0.25, -0.2) is 4.98 Å². The Hall–Kier alpha value is -1.40. The third kappa shape index (κ3) is 3.44. The van der Waals surface area contributed by atoms with E-state index in [0.29, 0.717) is 16.6 Å². The molecular formula is C15H15F3N2S. The molecule has 0 aliphatic heterocycles. The minimum atomic E-state index is -4.32. The topological polar surface area (TPSA) is 24.9 Å². The molecule has 112 valence electrons. The van der Waals surface area contributed by atoms with Crippen molar-refractivity contribution in [2.75, 3.05) is 0 Å². The van der Waals surface area contributed by atoms with Crippen molar-refractivity contribution in [1.82, 2.24) is 10.3 Å². The summed E-state index contributed by atoms with van der Waals surface area (Å²) in [6.07, 6.45) is -1.91. The predicted molar refractivity (Wildman–Crippen MR) is 77.2 cm³/mol. The van der Waals surface area contributed by atoms with Crippen LogP contribution in [0, 0.1) is 6.92 Å². The van der Waals surface area contributed by atoms with Gasteiger partial charge in [0.2, 0.25) is 0 Å². The molecule has 0 atom stereocenters. The highest BCUT2D eigenvalue weighted by Crippen LogP contribution is 2.34. The molecule has 3 rings (SSSR count). The molecule has 1 aromatic heterocycles. The van der Waals surface area contributed by atoms with Crippen molar-refractivity contribution < 1.29 is 13.2 Å². The van der Waals surface area contributed by atoms with E-state index < -0.39 is 11.7 Å². The van der Waals surface area contributed by atoms with Crippen molar-refractivity contribution in [3.05, 3.63) is 40.4 Å². The molecule has 1 N–H and O–H groups in total. The van der Waals surface area contributed by atoms with Gasteiger partial charge in [0.05, 0.1) is 11.3 Å². The first-order valence-electron chi connectivity index (χ1n) is 6.81. The first-order chi connectivity index (χ1) is 9.93. The maximum atomic E-state index is 12.8. The third-order valence-electron chi connectivity index (χ3n) is 3.46. The molecule has 1 aromatic carbocycles. The predicted octanol–water partition coefficient (Wildman–Crippen LogP) is 4.39. The number of thiazole rings is 1. The van der Waals surface area contributed by atoms with Crippen LogP contribution in [0.3, 0.4) is 0 Å². The number of halogens is 3. The van der Waals surface area contributed by atoms with Gasteiger partial charge in [0, 0.05) is 23.0 Å². The van der Waals surface area contributed by atoms with E-state index >= 15 is 0 Å². The molecule has 2 aromatic rings. The molecule has 0 unspecified atom stereocenters. The van der Waals surface area contributed by atoms with Crippen LogP contribution in [0.2, 0.25) is 0 Å². The molecule has 1 saturated carbocycles. The highest BCUT2D eigenvalue weighted by Gasteiger charge is 2.30. The molecule has 0 radical (unpaired) electrons. The van der Waals surface area contributed by atoms with Gasteiger partial charge < -0.3 is 5.32 Å². The van der Waals surface area contributed by atoms with Crippen molar-refractivity contribution in [2.24, 2.45) is 0 Å². The van der Waals surface area contributed by atoms with Gasteiger partial charge in [-0.15, -0.1) is 11.3 Å². The summed E-state index contributed by atoms with van der Waals surface area (Å²) in [7, 11) is 0. The first kappa shape index (κ1) is 14.5. The van der Waals surface area contributed by atoms with Crippen molar-refractivity contribution in [3.8, 4) is 10.6 Å². The summed E-state index contributed by atoms with van der Waals surface area (Å²) in [5.74, 6) is 0. The minimum absolute atomic E-state index is 0.524. The zero-order valence-corrected chi connectivity index (χ0v) is 12.3. The fourth-order valence-electron chi connectivity index (χ4n) is 2.07. The van der Waals surface area contributed by atoms with Crippen molar-refractivity contribution in [1.29, 1.82) is 0 Å². The summed E-state index contributed by atoms with van der Waals surface area (Å²) in [5.41, 5.74) is 0.779. The number of alkyl halides is 3. The molecule has 0 bridgehead atoms. The number of hydrogen-bond acceptors (Lipinski definition) is 3. The van der Waals surface area contributed by atoms with Crippen LogP contribution in [-0.2, 0) is 12.7 Å². The summed E-state index contributed by atoms with van der Waals surface area (Å²) < 4.78 is 38.3. The van der Waals surface area contributed by atoms with E-state index in [-0.39, 0.29) is 0 Å². The summed E-state index contributed by atoms with van der Waals surface area (Å²) in [6, 6.07) is 5.95. The average molecular weight is 312 g/mol. The van der Waals surface area contributed by atoms with Crippen LogP contribution in [0.25, 0.3) is 10.6 Å². The van der Waals surface area contributed by atoms with Crippen molar-refractivity contribution >= 4 is 11.3 Å². The Morgan fingerprint density at radius 1 is 1.33 bits per heavy atom. The Morgan fingerprint density at radius 2 is 2.10 bits per heavy atom. The van der Waals surface area contributed by atoms with Crippen LogP contribution >= 0.6 is 11.3 Å². The van der Waals surface area contributed by atoms with Gasteiger partial charge in [-0.1, -0.05) is 12.1 Å². The highest BCUT2D eigenvalue weighted by atomic mass is 32.1. The van der Waals surface area contributed by atoms with Crippen LogP contribution in [-0.4, -0.2) is 11.0 Å². The van der Waals surface area contributed by atoms with Crippen LogP contribution in [0.15, 0.2) is 24.3 Å². The second-order valence-electron chi connectivity index (χ2n) is 5.26. The number of benzene rings is 1. The second kappa shape index (κ2) is 5.42. The SMILES string of the molecule is Cc1nc(-c2cccc(C(F)(F)F)c2)sc1CNC1CC1. The zero-order valence-electron chi connectivity index (χ0n) is 11.5. The Bertz CT molecular complexity index is 645. The summed E-state index contributed by atoms with van der Waals surface area (Å²) in [4.78, 5) is 5.51. The maximum absolute atomic E-state index is 12.8. The average Bonchev–Trinajstić information content (AvgIpc) is 3.19. The first-order valence-corrected chi connectivity index (χ1v) is 7.62. The van der Waals surface area contributed by atoms with Gasteiger partial charge in [-0.3, -0.25) is 0 Å². The molecule has 0 amide bonds. The van der Waals surface area contributed by atoms with Gasteiger partial charge in [-0.05, 0) is 31.9 Å². The molecule has 6 heteroatoms. The summed E-state index contributed by atoms with van der Waals surface area (Å²) >= 11 is 1.46. The smallest absolute Gasteiger partial charge is 0.309 e. The minimum Gasteiger partial charge on any atom is -0.309 e. The van der Waals surface area contributed by atoms with Gasteiger partial charge in [0.25, 0.3) is 0 Å². The third-order valence-corrected chi connectivity index (χ3v) is 4.66. The normalized spacial score (nSPS) is 15.4. The number of aromatic nitrogens is 1.